The summed E-state index contributed by atoms with van der Waals surface area (Å²) in [6, 6.07) is 10.4. The van der Waals surface area contributed by atoms with E-state index in [1.807, 2.05) is 25.9 Å². The third-order valence-corrected chi connectivity index (χ3v) is 7.39. The molecule has 1 heterocycles. The minimum absolute atomic E-state index is 0.0543. The summed E-state index contributed by atoms with van der Waals surface area (Å²) in [4.78, 5) is 2.05. The molecule has 0 unspecified atom stereocenters. The normalized spacial score (nSPS) is 22.6. The monoisotopic (exact) mass is 436 g/mol. The van der Waals surface area contributed by atoms with Crippen molar-refractivity contribution in [1.82, 2.24) is 9.21 Å². The van der Waals surface area contributed by atoms with E-state index in [4.69, 9.17) is 4.74 Å². The molecule has 0 saturated carbocycles. The minimum Gasteiger partial charge on any atom is -0.487 e. The molecule has 0 fully saturated rings. The van der Waals surface area contributed by atoms with Crippen LogP contribution in [-0.4, -0.2) is 68.7 Å². The van der Waals surface area contributed by atoms with Crippen molar-refractivity contribution >= 4 is 10.0 Å². The van der Waals surface area contributed by atoms with Gasteiger partial charge in [0.15, 0.2) is 0 Å². The molecular weight excluding hydrogens is 407 g/mol. The van der Waals surface area contributed by atoms with Gasteiger partial charge in [-0.3, -0.25) is 0 Å². The number of benzene rings is 2. The molecule has 30 heavy (non-hydrogen) atoms. The van der Waals surface area contributed by atoms with Crippen molar-refractivity contribution in [1.29, 1.82) is 0 Å². The highest BCUT2D eigenvalue weighted by Crippen LogP contribution is 2.36. The summed E-state index contributed by atoms with van der Waals surface area (Å²) in [5.74, 6) is -0.234. The van der Waals surface area contributed by atoms with E-state index in [1.165, 1.54) is 22.5 Å². The summed E-state index contributed by atoms with van der Waals surface area (Å²) in [6.07, 6.45) is -0.259. The van der Waals surface area contributed by atoms with Crippen LogP contribution in [0, 0.1) is 11.7 Å². The van der Waals surface area contributed by atoms with E-state index in [-0.39, 0.29) is 41.6 Å². The molecule has 0 aliphatic carbocycles. The van der Waals surface area contributed by atoms with Crippen LogP contribution in [0.3, 0.4) is 0 Å². The largest absolute Gasteiger partial charge is 0.487 e. The Kier molecular flexibility index (Phi) is 6.81. The van der Waals surface area contributed by atoms with Gasteiger partial charge in [-0.2, -0.15) is 4.31 Å². The number of aliphatic hydroxyl groups is 1. The second kappa shape index (κ2) is 9.01. The van der Waals surface area contributed by atoms with Gasteiger partial charge in [-0.1, -0.05) is 25.1 Å². The Bertz CT molecular complexity index is 996. The first-order valence-corrected chi connectivity index (χ1v) is 11.4. The Balaban J connectivity index is 2.15. The van der Waals surface area contributed by atoms with E-state index in [2.05, 4.69) is 0 Å². The Morgan fingerprint density at radius 3 is 2.57 bits per heavy atom. The molecule has 0 aromatic heterocycles. The number of hydrogen-bond acceptors (Lipinski definition) is 5. The van der Waals surface area contributed by atoms with Gasteiger partial charge in [-0.15, -0.1) is 0 Å². The maximum atomic E-state index is 13.7. The maximum Gasteiger partial charge on any atom is 0.247 e. The molecule has 1 N–H and O–H groups in total. The Labute approximate surface area is 177 Å². The second-order valence-corrected chi connectivity index (χ2v) is 10.0. The van der Waals surface area contributed by atoms with Gasteiger partial charge in [0.25, 0.3) is 0 Å². The number of ether oxygens (including phenoxy) is 1. The SMILES string of the molecule is C[C@H]1CN([C@@H](C)CO)S(=O)(=O)c2ccc(-c3cccc(F)c3)cc2O[C@H]1CN(C)C. The number of nitrogens with zero attached hydrogens (tertiary/aromatic N) is 2. The number of rotatable bonds is 5. The number of aliphatic hydroxyl groups excluding tert-OH is 1. The molecule has 164 valence electrons. The Hall–Kier alpha value is -2.00. The molecule has 0 saturated heterocycles. The van der Waals surface area contributed by atoms with Crippen molar-refractivity contribution in [2.24, 2.45) is 5.92 Å². The number of halogens is 1. The predicted molar refractivity (Wildman–Crippen MR) is 114 cm³/mol. The first kappa shape index (κ1) is 22.7. The summed E-state index contributed by atoms with van der Waals surface area (Å²) in [5, 5.41) is 9.66. The fourth-order valence-electron chi connectivity index (χ4n) is 3.65. The fraction of sp³-hybridized carbons (Fsp3) is 0.455. The fourth-order valence-corrected chi connectivity index (χ4v) is 5.48. The van der Waals surface area contributed by atoms with E-state index < -0.39 is 16.1 Å². The molecule has 3 rings (SSSR count). The van der Waals surface area contributed by atoms with Crippen molar-refractivity contribution in [2.75, 3.05) is 33.8 Å². The molecule has 8 heteroatoms. The molecule has 0 bridgehead atoms. The molecule has 2 aromatic rings. The third-order valence-electron chi connectivity index (χ3n) is 5.37. The topological polar surface area (TPSA) is 70.1 Å². The first-order valence-electron chi connectivity index (χ1n) is 9.97. The summed E-state index contributed by atoms with van der Waals surface area (Å²) in [7, 11) is -0.0166. The first-order chi connectivity index (χ1) is 14.1. The van der Waals surface area contributed by atoms with E-state index in [0.29, 0.717) is 17.7 Å². The summed E-state index contributed by atoms with van der Waals surface area (Å²) >= 11 is 0. The van der Waals surface area contributed by atoms with Crippen LogP contribution in [0.15, 0.2) is 47.4 Å². The van der Waals surface area contributed by atoms with Crippen LogP contribution in [0.1, 0.15) is 13.8 Å². The van der Waals surface area contributed by atoms with Gasteiger partial charge in [-0.25, -0.2) is 12.8 Å². The number of likely N-dealkylation sites (N-methyl/N-ethyl adjacent to an activating group) is 1. The van der Waals surface area contributed by atoms with E-state index >= 15 is 0 Å². The Morgan fingerprint density at radius 2 is 1.93 bits per heavy atom. The average molecular weight is 437 g/mol. The van der Waals surface area contributed by atoms with Crippen LogP contribution in [0.4, 0.5) is 4.39 Å². The van der Waals surface area contributed by atoms with Gasteiger partial charge in [0.05, 0.1) is 6.61 Å². The summed E-state index contributed by atoms with van der Waals surface area (Å²) in [6.45, 7) is 4.21. The van der Waals surface area contributed by atoms with Crippen molar-refractivity contribution in [3.63, 3.8) is 0 Å². The van der Waals surface area contributed by atoms with Crippen molar-refractivity contribution in [3.05, 3.63) is 48.3 Å². The lowest BCUT2D eigenvalue weighted by molar-refractivity contribution is 0.0813. The van der Waals surface area contributed by atoms with Crippen LogP contribution in [0.25, 0.3) is 11.1 Å². The minimum atomic E-state index is -3.89. The van der Waals surface area contributed by atoms with Crippen LogP contribution < -0.4 is 4.74 Å². The zero-order valence-electron chi connectivity index (χ0n) is 17.7. The molecule has 0 amide bonds. The molecule has 0 radical (unpaired) electrons. The maximum absolute atomic E-state index is 13.7. The van der Waals surface area contributed by atoms with Crippen molar-refractivity contribution < 1.29 is 22.7 Å². The lowest BCUT2D eigenvalue weighted by atomic mass is 10.0. The molecular formula is C22H29FN2O4S. The summed E-state index contributed by atoms with van der Waals surface area (Å²) in [5.41, 5.74) is 1.31. The highest BCUT2D eigenvalue weighted by molar-refractivity contribution is 7.89. The quantitative estimate of drug-likeness (QED) is 0.781. The Morgan fingerprint density at radius 1 is 1.23 bits per heavy atom. The van der Waals surface area contributed by atoms with Gasteiger partial charge in [-0.05, 0) is 56.4 Å². The van der Waals surface area contributed by atoms with E-state index in [9.17, 15) is 17.9 Å². The highest BCUT2D eigenvalue weighted by atomic mass is 32.2. The molecule has 3 atom stereocenters. The van der Waals surface area contributed by atoms with E-state index in [0.717, 1.165) is 0 Å². The lowest BCUT2D eigenvalue weighted by Gasteiger charge is -2.37. The standard InChI is InChI=1S/C22H29FN2O4S/c1-15-12-25(16(2)14-26)30(27,28)22-9-8-18(17-6-5-7-19(23)10-17)11-20(22)29-21(15)13-24(3)4/h5-11,15-16,21,26H,12-14H2,1-4H3/t15-,16-,21-/m0/s1. The van der Waals surface area contributed by atoms with Crippen LogP contribution >= 0.6 is 0 Å². The zero-order chi connectivity index (χ0) is 22.1. The zero-order valence-corrected chi connectivity index (χ0v) is 18.6. The van der Waals surface area contributed by atoms with Crippen molar-refractivity contribution in [2.45, 2.75) is 30.9 Å². The van der Waals surface area contributed by atoms with E-state index in [1.54, 1.807) is 31.2 Å². The average Bonchev–Trinajstić information content (AvgIpc) is 2.69. The number of hydrogen-bond donors (Lipinski definition) is 1. The predicted octanol–water partition coefficient (Wildman–Crippen LogP) is 2.82. The molecule has 1 aliphatic rings. The van der Waals surface area contributed by atoms with Crippen LogP contribution in [-0.2, 0) is 10.0 Å². The smallest absolute Gasteiger partial charge is 0.247 e. The number of fused-ring (bicyclic) bond motifs is 1. The lowest BCUT2D eigenvalue weighted by Crippen LogP contribution is -2.49. The molecule has 1 aliphatic heterocycles. The molecule has 6 nitrogen and oxygen atoms in total. The van der Waals surface area contributed by atoms with Crippen molar-refractivity contribution in [3.8, 4) is 16.9 Å². The van der Waals surface area contributed by atoms with Crippen LogP contribution in [0.2, 0.25) is 0 Å². The number of sulfonamides is 1. The molecule has 0 spiro atoms. The third kappa shape index (κ3) is 4.67. The molecule has 2 aromatic carbocycles. The van der Waals surface area contributed by atoms with Gasteiger partial charge in [0, 0.05) is 25.0 Å². The van der Waals surface area contributed by atoms with Gasteiger partial charge < -0.3 is 14.7 Å². The van der Waals surface area contributed by atoms with Gasteiger partial charge in [0.2, 0.25) is 10.0 Å². The second-order valence-electron chi connectivity index (χ2n) is 8.17. The van der Waals surface area contributed by atoms with Crippen LogP contribution in [0.5, 0.6) is 5.75 Å². The van der Waals surface area contributed by atoms with Gasteiger partial charge >= 0.3 is 0 Å². The highest BCUT2D eigenvalue weighted by Gasteiger charge is 2.37. The summed E-state index contributed by atoms with van der Waals surface area (Å²) < 4.78 is 48.1. The van der Waals surface area contributed by atoms with Gasteiger partial charge in [0.1, 0.15) is 22.6 Å².